The van der Waals surface area contributed by atoms with Crippen LogP contribution in [0.5, 0.6) is 0 Å². The molecule has 0 saturated carbocycles. The normalized spacial score (nSPS) is 18.0. The summed E-state index contributed by atoms with van der Waals surface area (Å²) in [5.74, 6) is -0.797. The number of benzene rings is 1. The van der Waals surface area contributed by atoms with Crippen molar-refractivity contribution in [3.63, 3.8) is 0 Å². The summed E-state index contributed by atoms with van der Waals surface area (Å²) in [7, 11) is 0. The first-order valence-electron chi connectivity index (χ1n) is 4.80. The van der Waals surface area contributed by atoms with E-state index in [-0.39, 0.29) is 25.0 Å². The van der Waals surface area contributed by atoms with Crippen LogP contribution in [0.3, 0.4) is 0 Å². The molecule has 1 aliphatic carbocycles. The Morgan fingerprint density at radius 3 is 2.93 bits per heavy atom. The molecule has 2 rings (SSSR count). The molecule has 1 aromatic carbocycles. The molecule has 1 aromatic rings. The van der Waals surface area contributed by atoms with E-state index < -0.39 is 5.97 Å². The molecule has 0 unspecified atom stereocenters. The number of nitrogens with one attached hydrogen (secondary N) is 1. The zero-order chi connectivity index (χ0) is 9.97. The molecule has 4 heteroatoms. The van der Waals surface area contributed by atoms with Crippen LogP contribution in [0.25, 0.3) is 0 Å². The highest BCUT2D eigenvalue weighted by Crippen LogP contribution is 2.30. The lowest BCUT2D eigenvalue weighted by atomic mass is 10.1. The van der Waals surface area contributed by atoms with E-state index in [0.29, 0.717) is 0 Å². The first-order chi connectivity index (χ1) is 6.77. The number of rotatable bonds is 3. The van der Waals surface area contributed by atoms with Crippen molar-refractivity contribution in [1.29, 1.82) is 0 Å². The summed E-state index contributed by atoms with van der Waals surface area (Å²) in [4.78, 5) is 10.4. The van der Waals surface area contributed by atoms with Crippen LogP contribution in [-0.4, -0.2) is 17.6 Å². The van der Waals surface area contributed by atoms with Crippen LogP contribution in [0.15, 0.2) is 24.3 Å². The molecule has 0 saturated heterocycles. The Balaban J connectivity index is 0.00000112. The highest BCUT2D eigenvalue weighted by molar-refractivity contribution is 5.85. The highest BCUT2D eigenvalue weighted by Gasteiger charge is 2.21. The molecule has 0 spiro atoms. The van der Waals surface area contributed by atoms with Crippen molar-refractivity contribution in [2.24, 2.45) is 0 Å². The maximum Gasteiger partial charge on any atom is 0.317 e. The lowest BCUT2D eigenvalue weighted by Gasteiger charge is -2.11. The molecule has 0 aliphatic heterocycles. The van der Waals surface area contributed by atoms with Gasteiger partial charge in [-0.1, -0.05) is 24.3 Å². The fraction of sp³-hybridized carbons (Fsp3) is 0.364. The van der Waals surface area contributed by atoms with Crippen molar-refractivity contribution >= 4 is 18.4 Å². The molecule has 3 nitrogen and oxygen atoms in total. The maximum absolute atomic E-state index is 10.4. The van der Waals surface area contributed by atoms with Gasteiger partial charge < -0.3 is 10.4 Å². The van der Waals surface area contributed by atoms with Crippen molar-refractivity contribution in [3.8, 4) is 0 Å². The largest absolute Gasteiger partial charge is 0.480 e. The van der Waals surface area contributed by atoms with Crippen LogP contribution in [0.1, 0.15) is 23.6 Å². The first kappa shape index (κ1) is 12.0. The number of hydrogen-bond acceptors (Lipinski definition) is 2. The third-order valence-electron chi connectivity index (χ3n) is 2.63. The number of aliphatic carboxylic acids is 1. The van der Waals surface area contributed by atoms with E-state index >= 15 is 0 Å². The summed E-state index contributed by atoms with van der Waals surface area (Å²) in [5.41, 5.74) is 2.60. The molecule has 0 radical (unpaired) electrons. The second-order valence-electron chi connectivity index (χ2n) is 3.56. The third kappa shape index (κ3) is 2.70. The molecule has 1 atom stereocenters. The van der Waals surface area contributed by atoms with Crippen LogP contribution >= 0.6 is 12.4 Å². The van der Waals surface area contributed by atoms with Gasteiger partial charge in [-0.05, 0) is 24.0 Å². The van der Waals surface area contributed by atoms with Crippen molar-refractivity contribution in [3.05, 3.63) is 35.4 Å². The van der Waals surface area contributed by atoms with Gasteiger partial charge in [0.25, 0.3) is 0 Å². The predicted molar refractivity (Wildman–Crippen MR) is 60.4 cm³/mol. The SMILES string of the molecule is Cl.O=C(O)CN[C@H]1CCc2ccccc21. The minimum absolute atomic E-state index is 0. The van der Waals surface area contributed by atoms with Crippen molar-refractivity contribution in [2.45, 2.75) is 18.9 Å². The lowest BCUT2D eigenvalue weighted by molar-refractivity contribution is -0.136. The van der Waals surface area contributed by atoms with Gasteiger partial charge in [0, 0.05) is 6.04 Å². The predicted octanol–water partition coefficient (Wildman–Crippen LogP) is 1.77. The molecule has 0 aromatic heterocycles. The molecule has 0 heterocycles. The van der Waals surface area contributed by atoms with E-state index in [1.54, 1.807) is 0 Å². The van der Waals surface area contributed by atoms with Crippen LogP contribution in [-0.2, 0) is 11.2 Å². The Bertz CT molecular complexity index is 354. The summed E-state index contributed by atoms with van der Waals surface area (Å²) >= 11 is 0. The average Bonchev–Trinajstić information content (AvgIpc) is 2.58. The van der Waals surface area contributed by atoms with Gasteiger partial charge in [0.15, 0.2) is 0 Å². The van der Waals surface area contributed by atoms with Gasteiger partial charge in [0.05, 0.1) is 6.54 Å². The Morgan fingerprint density at radius 2 is 2.20 bits per heavy atom. The van der Waals surface area contributed by atoms with Gasteiger partial charge in [-0.15, -0.1) is 12.4 Å². The third-order valence-corrected chi connectivity index (χ3v) is 2.63. The highest BCUT2D eigenvalue weighted by atomic mass is 35.5. The monoisotopic (exact) mass is 227 g/mol. The zero-order valence-electron chi connectivity index (χ0n) is 8.27. The van der Waals surface area contributed by atoms with Crippen LogP contribution in [0.2, 0.25) is 0 Å². The molecular formula is C11H14ClNO2. The lowest BCUT2D eigenvalue weighted by Crippen LogP contribution is -2.25. The number of aryl methyl sites for hydroxylation is 1. The second-order valence-corrected chi connectivity index (χ2v) is 3.56. The molecular weight excluding hydrogens is 214 g/mol. The summed E-state index contributed by atoms with van der Waals surface area (Å²) in [6.07, 6.45) is 2.06. The smallest absolute Gasteiger partial charge is 0.317 e. The summed E-state index contributed by atoms with van der Waals surface area (Å²) in [6.45, 7) is 0.0407. The summed E-state index contributed by atoms with van der Waals surface area (Å²) in [5, 5.41) is 11.6. The first-order valence-corrected chi connectivity index (χ1v) is 4.80. The van der Waals surface area contributed by atoms with E-state index in [4.69, 9.17) is 5.11 Å². The number of carboxylic acid groups (broad SMARTS) is 1. The standard InChI is InChI=1S/C11H13NO2.ClH/c13-11(14)7-12-10-6-5-8-3-1-2-4-9(8)10;/h1-4,10,12H,5-7H2,(H,13,14);1H/t10-;/m0./s1. The fourth-order valence-corrected chi connectivity index (χ4v) is 1.98. The summed E-state index contributed by atoms with van der Waals surface area (Å²) in [6, 6.07) is 8.43. The van der Waals surface area contributed by atoms with Gasteiger partial charge in [-0.3, -0.25) is 4.79 Å². The fourth-order valence-electron chi connectivity index (χ4n) is 1.98. The molecule has 0 fully saturated rings. The second kappa shape index (κ2) is 5.14. The molecule has 2 N–H and O–H groups in total. The molecule has 0 bridgehead atoms. The van der Waals surface area contributed by atoms with Gasteiger partial charge in [0.2, 0.25) is 0 Å². The van der Waals surface area contributed by atoms with E-state index in [1.807, 2.05) is 12.1 Å². The van der Waals surface area contributed by atoms with Gasteiger partial charge >= 0.3 is 5.97 Å². The number of hydrogen-bond donors (Lipinski definition) is 2. The summed E-state index contributed by atoms with van der Waals surface area (Å²) < 4.78 is 0. The molecule has 0 amide bonds. The van der Waals surface area contributed by atoms with E-state index in [1.165, 1.54) is 11.1 Å². The van der Waals surface area contributed by atoms with E-state index in [0.717, 1.165) is 12.8 Å². The quantitative estimate of drug-likeness (QED) is 0.828. The van der Waals surface area contributed by atoms with Crippen molar-refractivity contribution < 1.29 is 9.90 Å². The zero-order valence-corrected chi connectivity index (χ0v) is 9.09. The number of carbonyl (C=O) groups is 1. The van der Waals surface area contributed by atoms with Crippen LogP contribution in [0, 0.1) is 0 Å². The van der Waals surface area contributed by atoms with Gasteiger partial charge in [0.1, 0.15) is 0 Å². The Labute approximate surface area is 94.9 Å². The molecule has 15 heavy (non-hydrogen) atoms. The Hall–Kier alpha value is -1.06. The number of halogens is 1. The van der Waals surface area contributed by atoms with Gasteiger partial charge in [-0.2, -0.15) is 0 Å². The van der Waals surface area contributed by atoms with Gasteiger partial charge in [-0.25, -0.2) is 0 Å². The van der Waals surface area contributed by atoms with Crippen molar-refractivity contribution in [2.75, 3.05) is 6.54 Å². The Morgan fingerprint density at radius 1 is 1.47 bits per heavy atom. The van der Waals surface area contributed by atoms with Crippen LogP contribution < -0.4 is 5.32 Å². The van der Waals surface area contributed by atoms with E-state index in [9.17, 15) is 4.79 Å². The Kier molecular flexibility index (Phi) is 4.12. The minimum Gasteiger partial charge on any atom is -0.480 e. The maximum atomic E-state index is 10.4. The molecule has 82 valence electrons. The van der Waals surface area contributed by atoms with Crippen molar-refractivity contribution in [1.82, 2.24) is 5.32 Å². The number of fused-ring (bicyclic) bond motifs is 1. The average molecular weight is 228 g/mol. The topological polar surface area (TPSA) is 49.3 Å². The molecule has 1 aliphatic rings. The van der Waals surface area contributed by atoms with Crippen LogP contribution in [0.4, 0.5) is 0 Å². The van der Waals surface area contributed by atoms with E-state index in [2.05, 4.69) is 17.4 Å². The number of carboxylic acids is 1. The minimum atomic E-state index is -0.797.